The highest BCUT2D eigenvalue weighted by atomic mass is 35.5. The number of alkyl halides is 2. The minimum absolute atomic E-state index is 0.142. The fraction of sp³-hybridized carbons (Fsp3) is 0.562. The van der Waals surface area contributed by atoms with E-state index in [0.717, 1.165) is 24.3 Å². The molecule has 0 spiro atoms. The lowest BCUT2D eigenvalue weighted by molar-refractivity contribution is -0.120. The topological polar surface area (TPSA) is 38.3 Å². The third-order valence-electron chi connectivity index (χ3n) is 4.48. The van der Waals surface area contributed by atoms with Crippen LogP contribution in [0.25, 0.3) is 0 Å². The Morgan fingerprint density at radius 2 is 1.81 bits per heavy atom. The van der Waals surface area contributed by atoms with Gasteiger partial charge >= 0.3 is 0 Å². The molecule has 5 heteroatoms. The maximum atomic E-state index is 12.2. The number of rotatable bonds is 4. The molecule has 3 nitrogen and oxygen atoms in total. The number of carbonyl (C=O) groups excluding carboxylic acids is 1. The van der Waals surface area contributed by atoms with E-state index < -0.39 is 9.75 Å². The van der Waals surface area contributed by atoms with Crippen LogP contribution in [0, 0.1) is 5.41 Å². The predicted molar refractivity (Wildman–Crippen MR) is 85.1 cm³/mol. The smallest absolute Gasteiger partial charge is 0.233 e. The number of halogens is 2. The second kappa shape index (κ2) is 5.36. The lowest BCUT2D eigenvalue weighted by Gasteiger charge is -2.15. The number of carbonyl (C=O) groups is 1. The van der Waals surface area contributed by atoms with Crippen LogP contribution in [0.1, 0.15) is 39.0 Å². The van der Waals surface area contributed by atoms with Crippen LogP contribution in [-0.4, -0.2) is 16.3 Å². The third kappa shape index (κ3) is 3.00. The second-order valence-electron chi connectivity index (χ2n) is 6.22. The maximum absolute atomic E-state index is 12.2. The van der Waals surface area contributed by atoms with Gasteiger partial charge in [-0.3, -0.25) is 4.79 Å². The summed E-state index contributed by atoms with van der Waals surface area (Å²) in [6.45, 7) is 1.78. The largest absolute Gasteiger partial charge is 0.490 e. The van der Waals surface area contributed by atoms with Crippen LogP contribution in [0.2, 0.25) is 0 Å². The first-order valence-corrected chi connectivity index (χ1v) is 8.12. The van der Waals surface area contributed by atoms with Crippen molar-refractivity contribution in [1.29, 1.82) is 0 Å². The van der Waals surface area contributed by atoms with Gasteiger partial charge in [-0.2, -0.15) is 0 Å². The van der Waals surface area contributed by atoms with Crippen molar-refractivity contribution in [3.8, 4) is 5.75 Å². The van der Waals surface area contributed by atoms with E-state index in [1.54, 1.807) is 6.92 Å². The predicted octanol–water partition coefficient (Wildman–Crippen LogP) is 4.53. The highest BCUT2D eigenvalue weighted by Crippen LogP contribution is 2.64. The molecule has 1 N–H and O–H groups in total. The third-order valence-corrected chi connectivity index (χ3v) is 5.58. The number of hydrogen-bond donors (Lipinski definition) is 1. The van der Waals surface area contributed by atoms with E-state index in [1.807, 2.05) is 24.3 Å². The van der Waals surface area contributed by atoms with Crippen LogP contribution in [0.3, 0.4) is 0 Å². The molecule has 1 unspecified atom stereocenters. The fourth-order valence-electron chi connectivity index (χ4n) is 2.73. The molecule has 0 radical (unpaired) electrons. The average Bonchev–Trinajstić information content (AvgIpc) is 2.81. The van der Waals surface area contributed by atoms with E-state index in [-0.39, 0.29) is 5.91 Å². The van der Waals surface area contributed by atoms with Crippen LogP contribution in [0.15, 0.2) is 24.3 Å². The molecule has 2 saturated carbocycles. The Hall–Kier alpha value is -0.930. The lowest BCUT2D eigenvalue weighted by atomic mass is 10.1. The Morgan fingerprint density at radius 3 is 2.33 bits per heavy atom. The number of nitrogens with one attached hydrogen (secondary N) is 1. The van der Waals surface area contributed by atoms with E-state index in [4.69, 9.17) is 27.9 Å². The zero-order valence-electron chi connectivity index (χ0n) is 12.0. The zero-order chi connectivity index (χ0) is 15.1. The van der Waals surface area contributed by atoms with E-state index in [0.29, 0.717) is 12.5 Å². The van der Waals surface area contributed by atoms with Gasteiger partial charge in [0.15, 0.2) is 0 Å². The molecule has 1 amide bonds. The molecule has 0 saturated heterocycles. The Morgan fingerprint density at radius 1 is 1.24 bits per heavy atom. The highest BCUT2D eigenvalue weighted by molar-refractivity contribution is 6.53. The zero-order valence-corrected chi connectivity index (χ0v) is 13.5. The Balaban J connectivity index is 1.58. The molecule has 3 rings (SSSR count). The highest BCUT2D eigenvalue weighted by Gasteiger charge is 2.67. The van der Waals surface area contributed by atoms with Gasteiger partial charge in [-0.05, 0) is 63.3 Å². The number of anilines is 1. The lowest BCUT2D eigenvalue weighted by Crippen LogP contribution is -2.25. The van der Waals surface area contributed by atoms with E-state index in [2.05, 4.69) is 5.32 Å². The minimum Gasteiger partial charge on any atom is -0.490 e. The number of ether oxygens (including phenoxy) is 1. The summed E-state index contributed by atoms with van der Waals surface area (Å²) in [6, 6.07) is 7.46. The standard InChI is InChI=1S/C16H19Cl2NO2/c1-15(10-16(15,17)18)14(20)19-11-6-8-13(9-7-11)21-12-4-2-3-5-12/h6-9,12H,2-5,10H2,1H3,(H,19,20). The summed E-state index contributed by atoms with van der Waals surface area (Å²) in [5.41, 5.74) is 0.0332. The van der Waals surface area contributed by atoms with Crippen LogP contribution >= 0.6 is 23.2 Å². The molecular weight excluding hydrogens is 309 g/mol. The number of benzene rings is 1. The van der Waals surface area contributed by atoms with Gasteiger partial charge in [0.2, 0.25) is 5.91 Å². The average molecular weight is 328 g/mol. The van der Waals surface area contributed by atoms with Crippen molar-refractivity contribution in [2.24, 2.45) is 5.41 Å². The van der Waals surface area contributed by atoms with E-state index >= 15 is 0 Å². The summed E-state index contributed by atoms with van der Waals surface area (Å²) in [5, 5.41) is 2.86. The van der Waals surface area contributed by atoms with Crippen molar-refractivity contribution in [3.63, 3.8) is 0 Å². The minimum atomic E-state index is -0.942. The Bertz CT molecular complexity index is 538. The molecular formula is C16H19Cl2NO2. The van der Waals surface area contributed by atoms with Gasteiger partial charge in [0.25, 0.3) is 0 Å². The second-order valence-corrected chi connectivity index (χ2v) is 7.70. The van der Waals surface area contributed by atoms with Crippen molar-refractivity contribution in [2.45, 2.75) is 49.5 Å². The van der Waals surface area contributed by atoms with E-state index in [9.17, 15) is 4.79 Å². The van der Waals surface area contributed by atoms with Gasteiger partial charge in [-0.1, -0.05) is 0 Å². The first kappa shape index (κ1) is 15.0. The summed E-state index contributed by atoms with van der Waals surface area (Å²) < 4.78 is 4.95. The number of hydrogen-bond acceptors (Lipinski definition) is 2. The van der Waals surface area contributed by atoms with Crippen molar-refractivity contribution >= 4 is 34.8 Å². The summed E-state index contributed by atoms with van der Waals surface area (Å²) in [5.74, 6) is 0.707. The molecule has 114 valence electrons. The monoisotopic (exact) mass is 327 g/mol. The Labute approximate surface area is 135 Å². The van der Waals surface area contributed by atoms with Crippen LogP contribution in [0.4, 0.5) is 5.69 Å². The molecule has 0 aromatic heterocycles. The van der Waals surface area contributed by atoms with Crippen molar-refractivity contribution < 1.29 is 9.53 Å². The van der Waals surface area contributed by atoms with Gasteiger partial charge in [0.1, 0.15) is 10.1 Å². The van der Waals surface area contributed by atoms with Crippen LogP contribution in [0.5, 0.6) is 5.75 Å². The molecule has 1 aromatic carbocycles. The number of amides is 1. The maximum Gasteiger partial charge on any atom is 0.233 e. The van der Waals surface area contributed by atoms with Gasteiger partial charge in [-0.15, -0.1) is 23.2 Å². The quantitative estimate of drug-likeness (QED) is 0.825. The molecule has 0 bridgehead atoms. The van der Waals surface area contributed by atoms with Gasteiger partial charge in [0.05, 0.1) is 11.5 Å². The normalized spacial score (nSPS) is 27.4. The van der Waals surface area contributed by atoms with Crippen LogP contribution in [-0.2, 0) is 4.79 Å². The summed E-state index contributed by atoms with van der Waals surface area (Å²) in [4.78, 5) is 12.2. The molecule has 0 aliphatic heterocycles. The molecule has 2 aliphatic rings. The van der Waals surface area contributed by atoms with Crippen molar-refractivity contribution in [3.05, 3.63) is 24.3 Å². The summed E-state index contributed by atoms with van der Waals surface area (Å²) >= 11 is 12.0. The molecule has 21 heavy (non-hydrogen) atoms. The summed E-state index contributed by atoms with van der Waals surface area (Å²) in [6.07, 6.45) is 5.57. The molecule has 1 atom stereocenters. The SMILES string of the molecule is CC1(C(=O)Nc2ccc(OC3CCCC3)cc2)CC1(Cl)Cl. The van der Waals surface area contributed by atoms with Crippen LogP contribution < -0.4 is 10.1 Å². The molecule has 0 heterocycles. The fourth-order valence-corrected chi connectivity index (χ4v) is 3.44. The Kier molecular flexibility index (Phi) is 3.83. The molecule has 1 aromatic rings. The van der Waals surface area contributed by atoms with Crippen molar-refractivity contribution in [1.82, 2.24) is 0 Å². The summed E-state index contributed by atoms with van der Waals surface area (Å²) in [7, 11) is 0. The molecule has 2 aliphatic carbocycles. The first-order chi connectivity index (χ1) is 9.91. The van der Waals surface area contributed by atoms with Gasteiger partial charge in [0, 0.05) is 5.69 Å². The van der Waals surface area contributed by atoms with Gasteiger partial charge < -0.3 is 10.1 Å². The van der Waals surface area contributed by atoms with E-state index in [1.165, 1.54) is 12.8 Å². The molecule has 2 fully saturated rings. The van der Waals surface area contributed by atoms with Crippen molar-refractivity contribution in [2.75, 3.05) is 5.32 Å². The van der Waals surface area contributed by atoms with Gasteiger partial charge in [-0.25, -0.2) is 0 Å². The first-order valence-electron chi connectivity index (χ1n) is 7.37.